The van der Waals surface area contributed by atoms with Crippen LogP contribution in [-0.4, -0.2) is 49.9 Å². The van der Waals surface area contributed by atoms with Gasteiger partial charge in [0.2, 0.25) is 0 Å². The molecule has 1 N–H and O–H groups in total. The van der Waals surface area contributed by atoms with Crippen LogP contribution in [-0.2, 0) is 9.53 Å². The molecule has 0 saturated carbocycles. The molecular weight excluding hydrogens is 162 g/mol. The van der Waals surface area contributed by atoms with Gasteiger partial charge in [-0.15, -0.1) is 0 Å². The highest BCUT2D eigenvalue weighted by Gasteiger charge is 2.21. The molecule has 0 aromatic heterocycles. The van der Waals surface area contributed by atoms with Crippen LogP contribution < -0.4 is 0 Å². The zero-order valence-electron chi connectivity index (χ0n) is 7.90. The van der Waals surface area contributed by atoms with Crippen molar-refractivity contribution < 1.29 is 23.9 Å². The summed E-state index contributed by atoms with van der Waals surface area (Å²) in [5, 5.41) is 6.89. The third-order valence-corrected chi connectivity index (χ3v) is 0.816. The van der Waals surface area contributed by atoms with Gasteiger partial charge in [-0.05, 0) is 6.92 Å². The summed E-state index contributed by atoms with van der Waals surface area (Å²) in [6.45, 7) is 2.00. The fourth-order valence-corrected chi connectivity index (χ4v) is 0.317. The largest absolute Gasteiger partial charge is 0.515 e. The van der Waals surface area contributed by atoms with E-state index in [0.717, 1.165) is 0 Å². The maximum absolute atomic E-state index is 10.8. The van der Waals surface area contributed by atoms with Gasteiger partial charge in [-0.3, -0.25) is 4.79 Å². The van der Waals surface area contributed by atoms with E-state index in [4.69, 9.17) is 14.6 Å². The number of carbonyl (C=O) groups excluding carboxylic acids is 1. The van der Waals surface area contributed by atoms with E-state index < -0.39 is 0 Å². The first kappa shape index (κ1) is 13.5. The lowest BCUT2D eigenvalue weighted by atomic mass is 10.7. The van der Waals surface area contributed by atoms with Gasteiger partial charge in [0.1, 0.15) is 0 Å². The van der Waals surface area contributed by atoms with Gasteiger partial charge >= 0.3 is 6.09 Å². The van der Waals surface area contributed by atoms with Crippen LogP contribution in [0.1, 0.15) is 6.92 Å². The molecule has 1 amide bonds. The van der Waals surface area contributed by atoms with Crippen LogP contribution in [0.2, 0.25) is 0 Å². The molecule has 0 heterocycles. The molecule has 5 nitrogen and oxygen atoms in total. The number of rotatable bonds is 1. The molecule has 0 aliphatic carbocycles. The second kappa shape index (κ2) is 6.60. The Morgan fingerprint density at radius 1 is 1.50 bits per heavy atom. The number of carbonyl (C=O) groups is 2. The Bertz CT molecular complexity index is 139. The van der Waals surface area contributed by atoms with Crippen molar-refractivity contribution in [3.05, 3.63) is 0 Å². The topological polar surface area (TPSA) is 63.6 Å². The Kier molecular flexibility index (Phi) is 7.42. The number of nitrogens with zero attached hydrogens (tertiary/aromatic N) is 1. The highest BCUT2D eigenvalue weighted by Crippen LogP contribution is 1.94. The first-order valence-electron chi connectivity index (χ1n) is 3.46. The maximum Gasteiger partial charge on any atom is 0.515 e. The average Bonchev–Trinajstić information content (AvgIpc) is 1.88. The van der Waals surface area contributed by atoms with Crippen molar-refractivity contribution in [3.8, 4) is 0 Å². The van der Waals surface area contributed by atoms with Crippen molar-refractivity contribution in [1.82, 2.24) is 0 Å². The molecule has 0 spiro atoms. The van der Waals surface area contributed by atoms with E-state index in [1.165, 1.54) is 0 Å². The summed E-state index contributed by atoms with van der Waals surface area (Å²) < 4.78 is 4.97. The number of carboxylic acid groups (broad SMARTS) is 1. The molecule has 0 aromatic rings. The van der Waals surface area contributed by atoms with Gasteiger partial charge in [0.05, 0.1) is 27.7 Å². The molecular formula is C7H16NO4+. The lowest BCUT2D eigenvalue weighted by Gasteiger charge is -2.18. The number of hydrogen-bond acceptors (Lipinski definition) is 3. The van der Waals surface area contributed by atoms with E-state index in [1.807, 2.05) is 0 Å². The van der Waals surface area contributed by atoms with Crippen LogP contribution in [0.4, 0.5) is 4.79 Å². The second-order valence-corrected chi connectivity index (χ2v) is 2.82. The predicted molar refractivity (Wildman–Crippen MR) is 43.7 cm³/mol. The normalized spacial score (nSPS) is 9.33. The third kappa shape index (κ3) is 8.90. The van der Waals surface area contributed by atoms with Crippen LogP contribution in [0, 0.1) is 0 Å². The molecule has 0 aromatic carbocycles. The summed E-state index contributed by atoms with van der Waals surface area (Å²) >= 11 is 0. The Morgan fingerprint density at radius 2 is 1.83 bits per heavy atom. The zero-order valence-corrected chi connectivity index (χ0v) is 7.90. The lowest BCUT2D eigenvalue weighted by molar-refractivity contribution is -0.795. The second-order valence-electron chi connectivity index (χ2n) is 2.82. The molecule has 0 aliphatic rings. The zero-order chi connectivity index (χ0) is 10.2. The molecule has 0 atom stereocenters. The van der Waals surface area contributed by atoms with E-state index in [9.17, 15) is 4.79 Å². The smallest absolute Gasteiger partial charge is 0.483 e. The van der Waals surface area contributed by atoms with Gasteiger partial charge in [0, 0.05) is 0 Å². The van der Waals surface area contributed by atoms with E-state index in [2.05, 4.69) is 0 Å². The monoisotopic (exact) mass is 178 g/mol. The van der Waals surface area contributed by atoms with Crippen molar-refractivity contribution in [2.24, 2.45) is 0 Å². The third-order valence-electron chi connectivity index (χ3n) is 0.816. The van der Waals surface area contributed by atoms with Crippen LogP contribution in [0.15, 0.2) is 0 Å². The molecule has 0 rings (SSSR count). The fraction of sp³-hybridized carbons (Fsp3) is 0.714. The van der Waals surface area contributed by atoms with Gasteiger partial charge in [0.25, 0.3) is 6.47 Å². The summed E-state index contributed by atoms with van der Waals surface area (Å²) in [7, 11) is 5.33. The van der Waals surface area contributed by atoms with Crippen molar-refractivity contribution in [1.29, 1.82) is 0 Å². The van der Waals surface area contributed by atoms with Crippen molar-refractivity contribution >= 4 is 12.6 Å². The molecule has 0 fully saturated rings. The molecule has 72 valence electrons. The highest BCUT2D eigenvalue weighted by atomic mass is 16.6. The molecule has 5 heteroatoms. The van der Waals surface area contributed by atoms with Crippen LogP contribution >= 0.6 is 0 Å². The quantitative estimate of drug-likeness (QED) is 0.470. The highest BCUT2D eigenvalue weighted by molar-refractivity contribution is 5.58. The predicted octanol–water partition coefficient (Wildman–Crippen LogP) is 0.550. The van der Waals surface area contributed by atoms with Gasteiger partial charge in [-0.2, -0.15) is 4.79 Å². The van der Waals surface area contributed by atoms with Gasteiger partial charge < -0.3 is 9.84 Å². The SMILES string of the molecule is CCOC(=O)[N+](C)(C)C.O=CO. The van der Waals surface area contributed by atoms with Gasteiger partial charge in [0.15, 0.2) is 0 Å². The standard InChI is InChI=1S/C6H14NO2.CH2O2/c1-5-9-6(8)7(2,3)4;2-1-3/h5H2,1-4H3;1H,(H,2,3)/q+1;. The van der Waals surface area contributed by atoms with E-state index >= 15 is 0 Å². The minimum absolute atomic E-state index is 0.197. The van der Waals surface area contributed by atoms with Crippen molar-refractivity contribution in [3.63, 3.8) is 0 Å². The molecule has 0 saturated heterocycles. The van der Waals surface area contributed by atoms with E-state index in [0.29, 0.717) is 6.61 Å². The van der Waals surface area contributed by atoms with E-state index in [1.54, 1.807) is 28.1 Å². The van der Waals surface area contributed by atoms with Crippen molar-refractivity contribution in [2.75, 3.05) is 27.7 Å². The van der Waals surface area contributed by atoms with E-state index in [-0.39, 0.29) is 17.0 Å². The Morgan fingerprint density at radius 3 is 1.92 bits per heavy atom. The first-order chi connectivity index (χ1) is 5.40. The lowest BCUT2D eigenvalue weighted by Crippen LogP contribution is -2.41. The number of amides is 1. The molecule has 0 bridgehead atoms. The van der Waals surface area contributed by atoms with Gasteiger partial charge in [-0.1, -0.05) is 0 Å². The summed E-state index contributed by atoms with van der Waals surface area (Å²) in [4.78, 5) is 19.2. The minimum atomic E-state index is -0.250. The Hall–Kier alpha value is -1.10. The Labute approximate surface area is 72.1 Å². The fourth-order valence-electron chi connectivity index (χ4n) is 0.317. The molecule has 0 radical (unpaired) electrons. The summed E-state index contributed by atoms with van der Waals surface area (Å²) in [5.41, 5.74) is 0. The number of ether oxygens (including phenoxy) is 1. The maximum atomic E-state index is 10.8. The molecule has 12 heavy (non-hydrogen) atoms. The number of hydrogen-bond donors (Lipinski definition) is 1. The van der Waals surface area contributed by atoms with Crippen LogP contribution in [0.3, 0.4) is 0 Å². The van der Waals surface area contributed by atoms with Crippen LogP contribution in [0.25, 0.3) is 0 Å². The van der Waals surface area contributed by atoms with Crippen molar-refractivity contribution in [2.45, 2.75) is 6.92 Å². The van der Waals surface area contributed by atoms with Gasteiger partial charge in [-0.25, -0.2) is 4.48 Å². The number of quaternary nitrogens is 1. The molecule has 0 aliphatic heterocycles. The van der Waals surface area contributed by atoms with Crippen LogP contribution in [0.5, 0.6) is 0 Å². The minimum Gasteiger partial charge on any atom is -0.483 e. The average molecular weight is 178 g/mol. The Balaban J connectivity index is 0. The summed E-state index contributed by atoms with van der Waals surface area (Å²) in [6.07, 6.45) is -0.197. The summed E-state index contributed by atoms with van der Waals surface area (Å²) in [6, 6.07) is 0. The first-order valence-corrected chi connectivity index (χ1v) is 3.46. The molecule has 0 unspecified atom stereocenters. The summed E-state index contributed by atoms with van der Waals surface area (Å²) in [5.74, 6) is 0.